The lowest BCUT2D eigenvalue weighted by Gasteiger charge is -2.12. The Morgan fingerprint density at radius 2 is 1.92 bits per heavy atom. The summed E-state index contributed by atoms with van der Waals surface area (Å²) < 4.78 is 0. The van der Waals surface area contributed by atoms with E-state index in [2.05, 4.69) is 0 Å². The molecule has 2 N–H and O–H groups in total. The van der Waals surface area contributed by atoms with Gasteiger partial charge in [-0.3, -0.25) is 9.69 Å². The van der Waals surface area contributed by atoms with Crippen molar-refractivity contribution < 1.29 is 15.0 Å². The maximum atomic E-state index is 11.0. The van der Waals surface area contributed by atoms with Gasteiger partial charge >= 0.3 is 0 Å². The topological polar surface area (TPSA) is 60.8 Å². The van der Waals surface area contributed by atoms with E-state index in [1.165, 1.54) is 0 Å². The number of aliphatic hydroxyl groups excluding tert-OH is 2. The van der Waals surface area contributed by atoms with Crippen LogP contribution in [0.1, 0.15) is 13.3 Å². The summed E-state index contributed by atoms with van der Waals surface area (Å²) in [4.78, 5) is 12.8. The third-order valence-corrected chi connectivity index (χ3v) is 2.13. The summed E-state index contributed by atoms with van der Waals surface area (Å²) in [5.41, 5.74) is 0. The first-order valence-corrected chi connectivity index (χ1v) is 4.23. The molecule has 2 unspecified atom stereocenters. The van der Waals surface area contributed by atoms with Gasteiger partial charge < -0.3 is 10.2 Å². The Hall–Kier alpha value is -0.450. The van der Waals surface area contributed by atoms with Crippen LogP contribution in [0.2, 0.25) is 0 Å². The summed E-state index contributed by atoms with van der Waals surface area (Å²) in [7, 11) is 0. The van der Waals surface area contributed by atoms with E-state index < -0.39 is 12.2 Å². The molecule has 0 spiro atoms. The maximum absolute atomic E-state index is 11.0. The van der Waals surface area contributed by atoms with E-state index in [0.717, 1.165) is 0 Å². The number of nitrogens with zero attached hydrogens (tertiary/aromatic N) is 1. The fourth-order valence-corrected chi connectivity index (χ4v) is 1.34. The lowest BCUT2D eigenvalue weighted by atomic mass is 10.3. The van der Waals surface area contributed by atoms with Crippen LogP contribution in [0.25, 0.3) is 0 Å². The van der Waals surface area contributed by atoms with Crippen molar-refractivity contribution in [2.75, 3.05) is 19.6 Å². The van der Waals surface area contributed by atoms with Gasteiger partial charge in [-0.2, -0.15) is 0 Å². The quantitative estimate of drug-likeness (QED) is 0.575. The van der Waals surface area contributed by atoms with E-state index in [1.807, 2.05) is 6.92 Å². The average molecular weight is 173 g/mol. The number of Topliss-reactive ketones (excluding diaryl/α,β-unsaturated/α-hetero) is 1. The highest BCUT2D eigenvalue weighted by Crippen LogP contribution is 2.09. The van der Waals surface area contributed by atoms with Gasteiger partial charge in [0.2, 0.25) is 0 Å². The van der Waals surface area contributed by atoms with Gasteiger partial charge in [-0.05, 0) is 0 Å². The number of hydrogen-bond acceptors (Lipinski definition) is 4. The molecule has 12 heavy (non-hydrogen) atoms. The third kappa shape index (κ3) is 2.27. The van der Waals surface area contributed by atoms with Crippen molar-refractivity contribution in [2.45, 2.75) is 25.6 Å². The zero-order valence-electron chi connectivity index (χ0n) is 7.23. The summed E-state index contributed by atoms with van der Waals surface area (Å²) >= 11 is 0. The molecule has 0 aromatic rings. The predicted octanol–water partition coefficient (Wildman–Crippen LogP) is -0.997. The van der Waals surface area contributed by atoms with Gasteiger partial charge in [0.25, 0.3) is 0 Å². The molecule has 0 radical (unpaired) electrons. The van der Waals surface area contributed by atoms with E-state index in [9.17, 15) is 4.79 Å². The van der Waals surface area contributed by atoms with E-state index in [-0.39, 0.29) is 5.78 Å². The van der Waals surface area contributed by atoms with Crippen molar-refractivity contribution in [3.05, 3.63) is 0 Å². The Morgan fingerprint density at radius 3 is 2.33 bits per heavy atom. The highest BCUT2D eigenvalue weighted by Gasteiger charge is 2.29. The minimum Gasteiger partial charge on any atom is -0.389 e. The third-order valence-electron chi connectivity index (χ3n) is 2.13. The Labute approximate surface area is 71.8 Å². The molecule has 1 aliphatic heterocycles. The summed E-state index contributed by atoms with van der Waals surface area (Å²) in [5, 5.41) is 18.3. The van der Waals surface area contributed by atoms with Crippen LogP contribution in [0.15, 0.2) is 0 Å². The van der Waals surface area contributed by atoms with E-state index >= 15 is 0 Å². The van der Waals surface area contributed by atoms with Crippen molar-refractivity contribution in [1.29, 1.82) is 0 Å². The molecule has 0 bridgehead atoms. The number of carbonyl (C=O) groups excluding carboxylic acids is 1. The fourth-order valence-electron chi connectivity index (χ4n) is 1.34. The molecular weight excluding hydrogens is 158 g/mol. The Bertz CT molecular complexity index is 162. The van der Waals surface area contributed by atoms with Crippen molar-refractivity contribution in [3.63, 3.8) is 0 Å². The maximum Gasteiger partial charge on any atom is 0.146 e. The first kappa shape index (κ1) is 9.64. The first-order chi connectivity index (χ1) is 5.63. The highest BCUT2D eigenvalue weighted by molar-refractivity contribution is 5.80. The average Bonchev–Trinajstić information content (AvgIpc) is 2.31. The van der Waals surface area contributed by atoms with Crippen LogP contribution in [0.3, 0.4) is 0 Å². The van der Waals surface area contributed by atoms with Gasteiger partial charge in [0.1, 0.15) is 5.78 Å². The minimum atomic E-state index is -0.686. The molecule has 4 nitrogen and oxygen atoms in total. The number of aliphatic hydroxyl groups is 2. The minimum absolute atomic E-state index is 0.149. The normalized spacial score (nSPS) is 30.9. The van der Waals surface area contributed by atoms with E-state index in [1.54, 1.807) is 4.90 Å². The molecule has 1 rings (SSSR count). The number of hydrogen-bond donors (Lipinski definition) is 2. The molecule has 1 fully saturated rings. The standard InChI is InChI=1S/C8H15NO3/c1-2-6(10)3-9-4-7(11)8(12)5-9/h7-8,11-12H,2-5H2,1H3. The van der Waals surface area contributed by atoms with Crippen LogP contribution in [-0.2, 0) is 4.79 Å². The van der Waals surface area contributed by atoms with Crippen LogP contribution < -0.4 is 0 Å². The number of carbonyl (C=O) groups is 1. The second kappa shape index (κ2) is 3.98. The Kier molecular flexibility index (Phi) is 3.20. The van der Waals surface area contributed by atoms with Crippen LogP contribution in [0.4, 0.5) is 0 Å². The number of β-amino-alcohol motifs (C(OH)–C–C–N with tert-alkyl or cyclic N) is 2. The van der Waals surface area contributed by atoms with E-state index in [0.29, 0.717) is 26.1 Å². The highest BCUT2D eigenvalue weighted by atomic mass is 16.3. The molecule has 0 aromatic heterocycles. The monoisotopic (exact) mass is 173 g/mol. The molecule has 70 valence electrons. The molecule has 1 aliphatic rings. The van der Waals surface area contributed by atoms with Gasteiger partial charge in [-0.15, -0.1) is 0 Å². The molecule has 1 heterocycles. The van der Waals surface area contributed by atoms with Crippen LogP contribution in [-0.4, -0.2) is 52.7 Å². The Morgan fingerprint density at radius 1 is 1.42 bits per heavy atom. The molecule has 0 amide bonds. The van der Waals surface area contributed by atoms with Crippen molar-refractivity contribution in [3.8, 4) is 0 Å². The second-order valence-electron chi connectivity index (χ2n) is 3.22. The molecule has 0 saturated carbocycles. The molecular formula is C8H15NO3. The molecule has 2 atom stereocenters. The number of ketones is 1. The van der Waals surface area contributed by atoms with Gasteiger partial charge in [-0.1, -0.05) is 6.92 Å². The Balaban J connectivity index is 2.32. The van der Waals surface area contributed by atoms with Crippen LogP contribution in [0, 0.1) is 0 Å². The van der Waals surface area contributed by atoms with Crippen molar-refractivity contribution >= 4 is 5.78 Å². The second-order valence-corrected chi connectivity index (χ2v) is 3.22. The molecule has 1 saturated heterocycles. The molecule has 0 aromatic carbocycles. The van der Waals surface area contributed by atoms with Gasteiger partial charge in [0.15, 0.2) is 0 Å². The zero-order valence-corrected chi connectivity index (χ0v) is 7.23. The zero-order chi connectivity index (χ0) is 9.14. The lowest BCUT2D eigenvalue weighted by molar-refractivity contribution is -0.119. The lowest BCUT2D eigenvalue weighted by Crippen LogP contribution is -2.28. The smallest absolute Gasteiger partial charge is 0.146 e. The largest absolute Gasteiger partial charge is 0.389 e. The van der Waals surface area contributed by atoms with Crippen molar-refractivity contribution in [1.82, 2.24) is 4.90 Å². The first-order valence-electron chi connectivity index (χ1n) is 4.23. The van der Waals surface area contributed by atoms with E-state index in [4.69, 9.17) is 10.2 Å². The predicted molar refractivity (Wildman–Crippen MR) is 43.8 cm³/mol. The number of rotatable bonds is 3. The van der Waals surface area contributed by atoms with Gasteiger partial charge in [0.05, 0.1) is 18.8 Å². The van der Waals surface area contributed by atoms with Crippen molar-refractivity contribution in [2.24, 2.45) is 0 Å². The summed E-state index contributed by atoms with van der Waals surface area (Å²) in [6, 6.07) is 0. The summed E-state index contributed by atoms with van der Waals surface area (Å²) in [6.45, 7) is 2.98. The fraction of sp³-hybridized carbons (Fsp3) is 0.875. The van der Waals surface area contributed by atoms with Crippen LogP contribution >= 0.6 is 0 Å². The SMILES string of the molecule is CCC(=O)CN1CC(O)C(O)C1. The summed E-state index contributed by atoms with van der Waals surface area (Å²) in [5.74, 6) is 0.149. The number of likely N-dealkylation sites (tertiary alicyclic amines) is 1. The van der Waals surface area contributed by atoms with Gasteiger partial charge in [-0.25, -0.2) is 0 Å². The van der Waals surface area contributed by atoms with Gasteiger partial charge in [0, 0.05) is 19.5 Å². The summed E-state index contributed by atoms with van der Waals surface area (Å²) in [6.07, 6.45) is -0.854. The molecule has 4 heteroatoms. The van der Waals surface area contributed by atoms with Crippen LogP contribution in [0.5, 0.6) is 0 Å². The molecule has 0 aliphatic carbocycles.